The topological polar surface area (TPSA) is 29.5 Å². The number of hydrogen-bond donors (Lipinski definition) is 0. The molecule has 1 radical (unpaired) electrons. The first-order chi connectivity index (χ1) is 4.18. The lowest BCUT2D eigenvalue weighted by Gasteiger charge is -2.08. The maximum absolute atomic E-state index is 10.7. The molecule has 0 saturated heterocycles. The third kappa shape index (κ3) is 3.97. The van der Waals surface area contributed by atoms with Crippen LogP contribution in [0.15, 0.2) is 0 Å². The van der Waals surface area contributed by atoms with E-state index in [-0.39, 0.29) is 12.5 Å². The second kappa shape index (κ2) is 4.32. The van der Waals surface area contributed by atoms with Crippen molar-refractivity contribution < 1.29 is 9.53 Å². The Labute approximate surface area is 55.6 Å². The van der Waals surface area contributed by atoms with Crippen molar-refractivity contribution in [3.63, 3.8) is 0 Å². The summed E-state index contributed by atoms with van der Waals surface area (Å²) in [6, 6.07) is 0. The summed E-state index contributed by atoms with van der Waals surface area (Å²) in [6.45, 7) is 3.91. The largest absolute Gasteiger partial charge is 0.372 e. The second-order valence-electron chi connectivity index (χ2n) is 1.84. The van der Waals surface area contributed by atoms with Gasteiger partial charge >= 0.3 is 0 Å². The molecule has 0 rings (SSSR count). The summed E-state index contributed by atoms with van der Waals surface area (Å²) in [5, 5.41) is 0. The van der Waals surface area contributed by atoms with Crippen molar-refractivity contribution >= 4 is 5.91 Å². The van der Waals surface area contributed by atoms with Crippen molar-refractivity contribution in [2.24, 2.45) is 0 Å². The fraction of sp³-hybridized carbons (Fsp3) is 0.667. The summed E-state index contributed by atoms with van der Waals surface area (Å²) in [7, 11) is 3.38. The Balaban J connectivity index is 3.28. The molecule has 0 aliphatic rings. The van der Waals surface area contributed by atoms with Crippen LogP contribution in [0, 0.1) is 6.92 Å². The first kappa shape index (κ1) is 8.43. The zero-order chi connectivity index (χ0) is 7.28. The number of amides is 1. The van der Waals surface area contributed by atoms with E-state index >= 15 is 0 Å². The lowest BCUT2D eigenvalue weighted by atomic mass is 10.6. The molecule has 0 aromatic rings. The van der Waals surface area contributed by atoms with Gasteiger partial charge in [0.15, 0.2) is 0 Å². The molecule has 0 bridgehead atoms. The number of nitrogens with zero attached hydrogens (tertiary/aromatic N) is 1. The molecule has 0 aromatic heterocycles. The van der Waals surface area contributed by atoms with Gasteiger partial charge in [0.2, 0.25) is 5.91 Å². The summed E-state index contributed by atoms with van der Waals surface area (Å²) < 4.78 is 4.75. The van der Waals surface area contributed by atoms with Gasteiger partial charge in [0.1, 0.15) is 6.61 Å². The lowest BCUT2D eigenvalue weighted by Crippen LogP contribution is -2.26. The first-order valence-electron chi connectivity index (χ1n) is 2.75. The van der Waals surface area contributed by atoms with Crippen LogP contribution in [0.5, 0.6) is 0 Å². The van der Waals surface area contributed by atoms with Crippen molar-refractivity contribution in [2.45, 2.75) is 0 Å². The Bertz CT molecular complexity index is 91.1. The van der Waals surface area contributed by atoms with E-state index < -0.39 is 0 Å². The molecule has 0 aliphatic heterocycles. The van der Waals surface area contributed by atoms with E-state index in [1.807, 2.05) is 0 Å². The standard InChI is InChI=1S/C6H12NO2/c1-4-9-5-6(8)7(2)3/h1,4-5H2,2-3H3. The summed E-state index contributed by atoms with van der Waals surface area (Å²) in [5.41, 5.74) is 0. The zero-order valence-corrected chi connectivity index (χ0v) is 5.89. The fourth-order valence-electron chi connectivity index (χ4n) is 0.289. The van der Waals surface area contributed by atoms with Crippen LogP contribution in [0.4, 0.5) is 0 Å². The molecule has 53 valence electrons. The molecule has 0 unspecified atom stereocenters. The summed E-state index contributed by atoms with van der Waals surface area (Å²) >= 11 is 0. The van der Waals surface area contributed by atoms with Crippen LogP contribution in [-0.2, 0) is 9.53 Å². The van der Waals surface area contributed by atoms with Gasteiger partial charge in [-0.05, 0) is 6.92 Å². The van der Waals surface area contributed by atoms with Crippen molar-refractivity contribution in [3.05, 3.63) is 6.92 Å². The quantitative estimate of drug-likeness (QED) is 0.535. The SMILES string of the molecule is [CH2]COCC(=O)N(C)C. The number of likely N-dealkylation sites (N-methyl/N-ethyl adjacent to an activating group) is 1. The molecule has 9 heavy (non-hydrogen) atoms. The predicted molar refractivity (Wildman–Crippen MR) is 34.9 cm³/mol. The van der Waals surface area contributed by atoms with Gasteiger partial charge in [-0.25, -0.2) is 0 Å². The Hall–Kier alpha value is -0.570. The number of carbonyl (C=O) groups excluding carboxylic acids is 1. The molecular weight excluding hydrogens is 118 g/mol. The van der Waals surface area contributed by atoms with Gasteiger partial charge in [-0.2, -0.15) is 0 Å². The smallest absolute Gasteiger partial charge is 0.248 e. The molecular formula is C6H12NO2. The zero-order valence-electron chi connectivity index (χ0n) is 5.89. The normalized spacial score (nSPS) is 9.22. The highest BCUT2D eigenvalue weighted by Crippen LogP contribution is 1.79. The monoisotopic (exact) mass is 130 g/mol. The van der Waals surface area contributed by atoms with Gasteiger partial charge in [0.25, 0.3) is 0 Å². The fourth-order valence-corrected chi connectivity index (χ4v) is 0.289. The number of rotatable bonds is 3. The third-order valence-electron chi connectivity index (χ3n) is 0.869. The lowest BCUT2D eigenvalue weighted by molar-refractivity contribution is -0.133. The van der Waals surface area contributed by atoms with E-state index in [4.69, 9.17) is 4.74 Å². The van der Waals surface area contributed by atoms with Crippen LogP contribution in [-0.4, -0.2) is 38.1 Å². The van der Waals surface area contributed by atoms with Gasteiger partial charge in [-0.15, -0.1) is 0 Å². The molecule has 0 N–H and O–H groups in total. The molecule has 0 aliphatic carbocycles. The van der Waals surface area contributed by atoms with E-state index in [9.17, 15) is 4.79 Å². The van der Waals surface area contributed by atoms with Gasteiger partial charge in [-0.1, -0.05) is 0 Å². The highest BCUT2D eigenvalue weighted by atomic mass is 16.5. The average Bonchev–Trinajstić information content (AvgIpc) is 1.82. The van der Waals surface area contributed by atoms with Crippen molar-refractivity contribution in [1.82, 2.24) is 4.90 Å². The highest BCUT2D eigenvalue weighted by molar-refractivity contribution is 5.76. The number of hydrogen-bond acceptors (Lipinski definition) is 2. The molecule has 0 spiro atoms. The number of carbonyl (C=O) groups is 1. The summed E-state index contributed by atoms with van der Waals surface area (Å²) in [6.07, 6.45) is 0. The molecule has 0 saturated carbocycles. The van der Waals surface area contributed by atoms with E-state index in [1.54, 1.807) is 14.1 Å². The first-order valence-corrected chi connectivity index (χ1v) is 2.75. The molecule has 3 heteroatoms. The molecule has 0 aromatic carbocycles. The van der Waals surface area contributed by atoms with Gasteiger partial charge in [-0.3, -0.25) is 4.79 Å². The molecule has 0 atom stereocenters. The molecule has 3 nitrogen and oxygen atoms in total. The molecule has 0 heterocycles. The van der Waals surface area contributed by atoms with E-state index in [0.29, 0.717) is 6.61 Å². The van der Waals surface area contributed by atoms with E-state index in [1.165, 1.54) is 4.90 Å². The van der Waals surface area contributed by atoms with Gasteiger partial charge < -0.3 is 9.64 Å². The summed E-state index contributed by atoms with van der Waals surface area (Å²) in [4.78, 5) is 12.2. The van der Waals surface area contributed by atoms with Crippen LogP contribution in [0.2, 0.25) is 0 Å². The maximum atomic E-state index is 10.7. The Kier molecular flexibility index (Phi) is 4.05. The third-order valence-corrected chi connectivity index (χ3v) is 0.869. The Morgan fingerprint density at radius 1 is 1.67 bits per heavy atom. The highest BCUT2D eigenvalue weighted by Gasteiger charge is 2.00. The van der Waals surface area contributed by atoms with Crippen molar-refractivity contribution in [1.29, 1.82) is 0 Å². The molecule has 0 fully saturated rings. The minimum absolute atomic E-state index is 0.0290. The van der Waals surface area contributed by atoms with Crippen molar-refractivity contribution in [2.75, 3.05) is 27.3 Å². The van der Waals surface area contributed by atoms with Crippen LogP contribution >= 0.6 is 0 Å². The van der Waals surface area contributed by atoms with Crippen LogP contribution in [0.3, 0.4) is 0 Å². The van der Waals surface area contributed by atoms with Crippen LogP contribution in [0.25, 0.3) is 0 Å². The average molecular weight is 130 g/mol. The Morgan fingerprint density at radius 3 is 2.56 bits per heavy atom. The minimum atomic E-state index is -0.0290. The maximum Gasteiger partial charge on any atom is 0.248 e. The van der Waals surface area contributed by atoms with Crippen LogP contribution in [0.1, 0.15) is 0 Å². The van der Waals surface area contributed by atoms with Crippen molar-refractivity contribution in [3.8, 4) is 0 Å². The van der Waals surface area contributed by atoms with Crippen LogP contribution < -0.4 is 0 Å². The number of ether oxygens (including phenoxy) is 1. The predicted octanol–water partition coefficient (Wildman–Crippen LogP) is -0.0747. The van der Waals surface area contributed by atoms with E-state index in [2.05, 4.69) is 6.92 Å². The second-order valence-corrected chi connectivity index (χ2v) is 1.84. The van der Waals surface area contributed by atoms with Gasteiger partial charge in [0.05, 0.1) is 0 Å². The minimum Gasteiger partial charge on any atom is -0.372 e. The Morgan fingerprint density at radius 2 is 2.22 bits per heavy atom. The molecule has 1 amide bonds. The summed E-state index contributed by atoms with van der Waals surface area (Å²) in [5.74, 6) is -0.0290. The van der Waals surface area contributed by atoms with E-state index in [0.717, 1.165) is 0 Å². The van der Waals surface area contributed by atoms with Gasteiger partial charge in [0, 0.05) is 20.7 Å².